The van der Waals surface area contributed by atoms with E-state index in [9.17, 15) is 14.9 Å². The van der Waals surface area contributed by atoms with Crippen LogP contribution in [0.25, 0.3) is 16.5 Å². The van der Waals surface area contributed by atoms with Gasteiger partial charge in [-0.3, -0.25) is 14.9 Å². The minimum absolute atomic E-state index is 0.0661. The Morgan fingerprint density at radius 3 is 2.50 bits per heavy atom. The summed E-state index contributed by atoms with van der Waals surface area (Å²) < 4.78 is 1.16. The predicted octanol–water partition coefficient (Wildman–Crippen LogP) is 2.29. The van der Waals surface area contributed by atoms with Crippen LogP contribution in [0.1, 0.15) is 0 Å². The summed E-state index contributed by atoms with van der Waals surface area (Å²) in [6.07, 6.45) is 1.46. The van der Waals surface area contributed by atoms with Crippen LogP contribution in [0.2, 0.25) is 0 Å². The third-order valence-electron chi connectivity index (χ3n) is 2.99. The number of fused-ring (bicyclic) bond motifs is 1. The van der Waals surface area contributed by atoms with Crippen molar-refractivity contribution in [1.82, 2.24) is 9.78 Å². The molecular formula is C14H9N3O3. The van der Waals surface area contributed by atoms with Crippen molar-refractivity contribution in [2.75, 3.05) is 0 Å². The fraction of sp³-hybridized carbons (Fsp3) is 0. The lowest BCUT2D eigenvalue weighted by Gasteiger charge is -2.05. The molecule has 20 heavy (non-hydrogen) atoms. The van der Waals surface area contributed by atoms with Crippen molar-refractivity contribution in [1.29, 1.82) is 0 Å². The maximum absolute atomic E-state index is 12.5. The van der Waals surface area contributed by atoms with Gasteiger partial charge in [0.2, 0.25) is 0 Å². The second-order valence-corrected chi connectivity index (χ2v) is 4.20. The van der Waals surface area contributed by atoms with Crippen LogP contribution in [0.5, 0.6) is 0 Å². The molecule has 6 nitrogen and oxygen atoms in total. The highest BCUT2D eigenvalue weighted by Crippen LogP contribution is 2.21. The second kappa shape index (κ2) is 4.58. The lowest BCUT2D eigenvalue weighted by molar-refractivity contribution is -0.383. The molecule has 0 amide bonds. The third-order valence-corrected chi connectivity index (χ3v) is 2.99. The minimum atomic E-state index is -0.556. The first-order chi connectivity index (χ1) is 9.68. The molecule has 0 bridgehead atoms. The molecule has 0 aliphatic rings. The molecule has 0 spiro atoms. The largest absolute Gasteiger partial charge is 0.286 e. The number of benzene rings is 2. The fourth-order valence-corrected chi connectivity index (χ4v) is 2.08. The van der Waals surface area contributed by atoms with E-state index in [1.807, 2.05) is 6.07 Å². The Kier molecular flexibility index (Phi) is 2.76. The molecule has 1 aromatic heterocycles. The van der Waals surface area contributed by atoms with Crippen LogP contribution >= 0.6 is 0 Å². The number of hydrogen-bond acceptors (Lipinski definition) is 4. The van der Waals surface area contributed by atoms with E-state index in [0.29, 0.717) is 11.1 Å². The Labute approximate surface area is 113 Å². The molecule has 1 heterocycles. The molecule has 0 unspecified atom stereocenters. The molecular weight excluding hydrogens is 258 g/mol. The summed E-state index contributed by atoms with van der Waals surface area (Å²) in [4.78, 5) is 22.9. The first-order valence-electron chi connectivity index (χ1n) is 5.89. The van der Waals surface area contributed by atoms with Gasteiger partial charge in [0, 0.05) is 11.5 Å². The number of para-hydroxylation sites is 1. The summed E-state index contributed by atoms with van der Waals surface area (Å²) >= 11 is 0. The topological polar surface area (TPSA) is 78.0 Å². The zero-order valence-corrected chi connectivity index (χ0v) is 10.3. The average molecular weight is 267 g/mol. The lowest BCUT2D eigenvalue weighted by atomic mass is 10.1. The second-order valence-electron chi connectivity index (χ2n) is 4.20. The van der Waals surface area contributed by atoms with Crippen molar-refractivity contribution in [3.05, 3.63) is 75.2 Å². The first-order valence-corrected chi connectivity index (χ1v) is 5.89. The van der Waals surface area contributed by atoms with E-state index in [1.54, 1.807) is 30.3 Å². The van der Waals surface area contributed by atoms with E-state index in [4.69, 9.17) is 0 Å². The zero-order chi connectivity index (χ0) is 14.1. The monoisotopic (exact) mass is 267 g/mol. The van der Waals surface area contributed by atoms with Crippen LogP contribution in [0.4, 0.5) is 5.69 Å². The smallest absolute Gasteiger partial charge is 0.266 e. The summed E-state index contributed by atoms with van der Waals surface area (Å²) in [5.74, 6) is 0. The highest BCUT2D eigenvalue weighted by molar-refractivity contribution is 5.89. The van der Waals surface area contributed by atoms with E-state index in [1.165, 1.54) is 18.3 Å². The maximum atomic E-state index is 12.5. The van der Waals surface area contributed by atoms with E-state index < -0.39 is 10.5 Å². The maximum Gasteiger partial charge on any atom is 0.286 e. The minimum Gasteiger partial charge on any atom is -0.266 e. The quantitative estimate of drug-likeness (QED) is 0.527. The molecule has 0 radical (unpaired) electrons. The molecule has 0 saturated carbocycles. The standard InChI is InChI=1S/C14H9N3O3/c18-14-13-10(5-4-8-12(13)17(19)20)9-15-16(14)11-6-2-1-3-7-11/h1-9H. The molecule has 2 aromatic carbocycles. The predicted molar refractivity (Wildman–Crippen MR) is 74.0 cm³/mol. The van der Waals surface area contributed by atoms with Crippen molar-refractivity contribution in [3.63, 3.8) is 0 Å². The van der Waals surface area contributed by atoms with Gasteiger partial charge in [0.15, 0.2) is 0 Å². The van der Waals surface area contributed by atoms with E-state index >= 15 is 0 Å². The molecule has 0 saturated heterocycles. The Balaban J connectivity index is 2.39. The van der Waals surface area contributed by atoms with Crippen molar-refractivity contribution in [2.45, 2.75) is 0 Å². The number of hydrogen-bond donors (Lipinski definition) is 0. The summed E-state index contributed by atoms with van der Waals surface area (Å²) in [6.45, 7) is 0. The van der Waals surface area contributed by atoms with Crippen LogP contribution in [-0.4, -0.2) is 14.7 Å². The highest BCUT2D eigenvalue weighted by atomic mass is 16.6. The molecule has 0 atom stereocenters. The summed E-state index contributed by atoms with van der Waals surface area (Å²) in [6, 6.07) is 13.3. The van der Waals surface area contributed by atoms with E-state index in [0.717, 1.165) is 4.68 Å². The first kappa shape index (κ1) is 12.0. The van der Waals surface area contributed by atoms with Gasteiger partial charge in [-0.2, -0.15) is 9.78 Å². The van der Waals surface area contributed by atoms with Gasteiger partial charge < -0.3 is 0 Å². The van der Waals surface area contributed by atoms with Gasteiger partial charge in [-0.1, -0.05) is 30.3 Å². The van der Waals surface area contributed by atoms with E-state index in [-0.39, 0.29) is 11.1 Å². The van der Waals surface area contributed by atoms with Crippen LogP contribution < -0.4 is 5.56 Å². The number of rotatable bonds is 2. The fourth-order valence-electron chi connectivity index (χ4n) is 2.08. The Hall–Kier alpha value is -3.02. The van der Waals surface area contributed by atoms with Gasteiger partial charge in [-0.15, -0.1) is 0 Å². The summed E-state index contributed by atoms with van der Waals surface area (Å²) in [5, 5.41) is 15.6. The molecule has 0 fully saturated rings. The molecule has 0 N–H and O–H groups in total. The molecule has 6 heteroatoms. The van der Waals surface area contributed by atoms with Crippen LogP contribution in [-0.2, 0) is 0 Å². The zero-order valence-electron chi connectivity index (χ0n) is 10.3. The Morgan fingerprint density at radius 2 is 1.80 bits per heavy atom. The van der Waals surface area contributed by atoms with Gasteiger partial charge in [0.1, 0.15) is 5.39 Å². The number of aromatic nitrogens is 2. The average Bonchev–Trinajstić information content (AvgIpc) is 2.48. The van der Waals surface area contributed by atoms with Gasteiger partial charge in [-0.25, -0.2) is 0 Å². The van der Waals surface area contributed by atoms with Crippen molar-refractivity contribution in [3.8, 4) is 5.69 Å². The van der Waals surface area contributed by atoms with Gasteiger partial charge >= 0.3 is 0 Å². The Bertz CT molecular complexity index is 856. The van der Waals surface area contributed by atoms with Crippen molar-refractivity contribution in [2.24, 2.45) is 0 Å². The summed E-state index contributed by atoms with van der Waals surface area (Å²) in [7, 11) is 0. The number of nitrogens with zero attached hydrogens (tertiary/aromatic N) is 3. The molecule has 98 valence electrons. The molecule has 0 aliphatic heterocycles. The third kappa shape index (κ3) is 1.83. The molecule has 3 aromatic rings. The highest BCUT2D eigenvalue weighted by Gasteiger charge is 2.17. The molecule has 3 rings (SSSR count). The number of nitro benzene ring substituents is 1. The lowest BCUT2D eigenvalue weighted by Crippen LogP contribution is -2.21. The summed E-state index contributed by atoms with van der Waals surface area (Å²) in [5.41, 5.74) is -0.141. The van der Waals surface area contributed by atoms with Gasteiger partial charge in [-0.05, 0) is 12.1 Å². The number of non-ortho nitro benzene ring substituents is 1. The van der Waals surface area contributed by atoms with Crippen LogP contribution in [0.3, 0.4) is 0 Å². The normalized spacial score (nSPS) is 10.6. The number of nitro groups is 1. The Morgan fingerprint density at radius 1 is 1.05 bits per heavy atom. The van der Waals surface area contributed by atoms with Crippen LogP contribution in [0.15, 0.2) is 59.5 Å². The van der Waals surface area contributed by atoms with Crippen LogP contribution in [0, 0.1) is 10.1 Å². The van der Waals surface area contributed by atoms with Crippen molar-refractivity contribution < 1.29 is 4.92 Å². The van der Waals surface area contributed by atoms with Crippen molar-refractivity contribution >= 4 is 16.5 Å². The van der Waals surface area contributed by atoms with Gasteiger partial charge in [0.25, 0.3) is 11.2 Å². The SMILES string of the molecule is O=c1c2c([N+](=O)[O-])cccc2cnn1-c1ccccc1. The van der Waals surface area contributed by atoms with Gasteiger partial charge in [0.05, 0.1) is 16.8 Å². The molecule has 0 aliphatic carbocycles. The van der Waals surface area contributed by atoms with E-state index in [2.05, 4.69) is 5.10 Å².